The number of rotatable bonds is 4. The van der Waals surface area contributed by atoms with E-state index in [2.05, 4.69) is 9.97 Å². The number of para-hydroxylation sites is 5. The molecule has 6 heteroatoms. The number of aromatic nitrogens is 5. The predicted octanol–water partition coefficient (Wildman–Crippen LogP) is 11.3. The monoisotopic (exact) mass is 673 g/mol. The maximum atomic E-state index is 9.78. The lowest BCUT2D eigenvalue weighted by atomic mass is 10.1. The number of hydrogen-bond acceptors (Lipinski definition) is 4. The number of fused-ring (bicyclic) bond motifs is 10. The zero-order chi connectivity index (χ0) is 50.9. The summed E-state index contributed by atoms with van der Waals surface area (Å²) in [6.45, 7) is 0. The molecule has 6 nitrogen and oxygen atoms in total. The Balaban J connectivity index is 1.43. The summed E-state index contributed by atoms with van der Waals surface area (Å²) in [5.74, 6) is -1.38. The first kappa shape index (κ1) is 14.8. The second-order valence-corrected chi connectivity index (χ2v) is 11.4. The van der Waals surface area contributed by atoms with E-state index in [9.17, 15) is 6.85 Å². The Kier molecular flexibility index (Phi) is 3.12. The highest BCUT2D eigenvalue weighted by Crippen LogP contribution is 2.42. The van der Waals surface area contributed by atoms with Gasteiger partial charge < -0.3 is 8.98 Å². The van der Waals surface area contributed by atoms with Crippen molar-refractivity contribution in [2.45, 2.75) is 0 Å². The molecule has 0 aliphatic heterocycles. The molecule has 4 heterocycles. The van der Waals surface area contributed by atoms with Crippen LogP contribution in [0.2, 0.25) is 0 Å². The van der Waals surface area contributed by atoms with Crippen molar-refractivity contribution in [3.63, 3.8) is 0 Å². The van der Waals surface area contributed by atoms with E-state index in [4.69, 9.17) is 30.0 Å². The van der Waals surface area contributed by atoms with Gasteiger partial charge >= 0.3 is 0 Å². The third-order valence-corrected chi connectivity index (χ3v) is 8.65. The highest BCUT2D eigenvalue weighted by molar-refractivity contribution is 6.26. The summed E-state index contributed by atoms with van der Waals surface area (Å²) < 4.78 is 187. The first-order valence-electron chi connectivity index (χ1n) is 25.4. The van der Waals surface area contributed by atoms with Gasteiger partial charge in [-0.2, -0.15) is 9.97 Å². The van der Waals surface area contributed by atoms with Crippen LogP contribution >= 0.6 is 0 Å². The molecule has 7 aromatic carbocycles. The molecule has 51 heavy (non-hydrogen) atoms. The summed E-state index contributed by atoms with van der Waals surface area (Å²) in [6, 6.07) is -3.58. The summed E-state index contributed by atoms with van der Waals surface area (Å²) in [7, 11) is 0. The molecule has 11 rings (SSSR count). The summed E-state index contributed by atoms with van der Waals surface area (Å²) in [5.41, 5.74) is -2.13. The van der Waals surface area contributed by atoms with Crippen LogP contribution in [0.5, 0.6) is 0 Å². The summed E-state index contributed by atoms with van der Waals surface area (Å²) >= 11 is 0. The van der Waals surface area contributed by atoms with Crippen LogP contribution in [0.1, 0.15) is 27.4 Å². The van der Waals surface area contributed by atoms with Gasteiger partial charge in [-0.15, -0.1) is 0 Å². The zero-order valence-corrected chi connectivity index (χ0v) is 25.7. The van der Waals surface area contributed by atoms with Gasteiger partial charge in [0, 0.05) is 43.6 Å². The minimum atomic E-state index is -0.854. The smallest absolute Gasteiger partial charge is 0.238 e. The Labute approximate surface area is 319 Å². The van der Waals surface area contributed by atoms with E-state index in [1.165, 1.54) is 0 Å². The standard InChI is InChI=1S/C45H27N5O/c1-3-14-28(15-4-1)43-46-44(35-22-13-21-33-31-19-9-12-25-39(31)51-42(33)35)48-45(47-43)50-37-24-11-8-20-34(37)40-38(50)27-26-32-30-18-7-10-23-36(30)49(41(32)40)29-16-5-2-6-17-29/h1-27H/i1D,2D,3D,4D,5D,6D,7D,8D,10D,11D,14D,15D,16D,17D,18D,20D,23D,24D,26D,27D. The molecule has 4 aromatic heterocycles. The average molecular weight is 674 g/mol. The number of furan rings is 1. The molecule has 0 aliphatic carbocycles. The van der Waals surface area contributed by atoms with E-state index in [0.717, 1.165) is 9.13 Å². The van der Waals surface area contributed by atoms with E-state index in [1.54, 1.807) is 36.4 Å². The van der Waals surface area contributed by atoms with E-state index in [-0.39, 0.29) is 22.4 Å². The molecule has 0 atom stereocenters. The van der Waals surface area contributed by atoms with Crippen molar-refractivity contribution in [1.29, 1.82) is 0 Å². The van der Waals surface area contributed by atoms with Crippen LogP contribution in [0.15, 0.2) is 168 Å². The molecule has 0 saturated heterocycles. The summed E-state index contributed by atoms with van der Waals surface area (Å²) in [4.78, 5) is 14.1. The topological polar surface area (TPSA) is 61.7 Å². The van der Waals surface area contributed by atoms with Gasteiger partial charge in [0.05, 0.1) is 55.0 Å². The van der Waals surface area contributed by atoms with Crippen LogP contribution in [0.25, 0.3) is 100.0 Å². The van der Waals surface area contributed by atoms with Crippen molar-refractivity contribution in [3.8, 4) is 34.4 Å². The molecule has 0 N–H and O–H groups in total. The first-order valence-corrected chi connectivity index (χ1v) is 15.4. The molecule has 0 aliphatic rings. The Morgan fingerprint density at radius 2 is 1.18 bits per heavy atom. The summed E-state index contributed by atoms with van der Waals surface area (Å²) in [5, 5.41) is -0.305. The van der Waals surface area contributed by atoms with E-state index in [1.807, 2.05) is 6.07 Å². The Bertz CT molecular complexity index is 4260. The molecule has 238 valence electrons. The van der Waals surface area contributed by atoms with Gasteiger partial charge in [0.1, 0.15) is 11.2 Å². The first-order chi connectivity index (χ1) is 33.6. The fraction of sp³-hybridized carbons (Fsp3) is 0. The van der Waals surface area contributed by atoms with Crippen molar-refractivity contribution < 1.29 is 31.8 Å². The van der Waals surface area contributed by atoms with Gasteiger partial charge in [0.2, 0.25) is 5.95 Å². The van der Waals surface area contributed by atoms with E-state index in [0.29, 0.717) is 16.4 Å². The van der Waals surface area contributed by atoms with Crippen molar-refractivity contribution in [2.75, 3.05) is 0 Å². The quantitative estimate of drug-likeness (QED) is 0.187. The van der Waals surface area contributed by atoms with Crippen LogP contribution in [0.4, 0.5) is 0 Å². The lowest BCUT2D eigenvalue weighted by Gasteiger charge is -2.11. The molecule has 0 unspecified atom stereocenters. The molecule has 11 aromatic rings. The third kappa shape index (κ3) is 4.07. The molecular weight excluding hydrogens is 627 g/mol. The predicted molar refractivity (Wildman–Crippen MR) is 207 cm³/mol. The van der Waals surface area contributed by atoms with Crippen LogP contribution in [0.3, 0.4) is 0 Å². The minimum Gasteiger partial charge on any atom is -0.455 e. The number of nitrogens with zero attached hydrogens (tertiary/aromatic N) is 5. The van der Waals surface area contributed by atoms with Crippen molar-refractivity contribution >= 4 is 65.6 Å². The largest absolute Gasteiger partial charge is 0.455 e. The molecule has 0 radical (unpaired) electrons. The molecule has 0 spiro atoms. The average Bonchev–Trinajstić information content (AvgIpc) is 4.04. The van der Waals surface area contributed by atoms with Crippen LogP contribution in [-0.2, 0) is 0 Å². The SMILES string of the molecule is [2H]c1c([2H])c([2H])c(-c2nc(-c3cccc4c3oc3ccccc34)nc(-n3c4c([2H])c([2H])c([2H])c([2H])c4c4c3c([2H])c([2H])c3c5c([2H])c([2H])c([2H])c([2H])c5n(-c5c([2H])c([2H])c([2H])c([2H])c5[2H])c34)n2)c([2H])c1[2H]. The highest BCUT2D eigenvalue weighted by atomic mass is 16.3. The highest BCUT2D eigenvalue weighted by Gasteiger charge is 2.23. The molecular formula is C45H27N5O. The van der Waals surface area contributed by atoms with Crippen LogP contribution in [0, 0.1) is 0 Å². The normalized spacial score (nSPS) is 17.4. The van der Waals surface area contributed by atoms with Crippen molar-refractivity contribution in [3.05, 3.63) is 163 Å². The molecule has 0 fully saturated rings. The second-order valence-electron chi connectivity index (χ2n) is 11.4. The Hall–Kier alpha value is -7.05. The number of hydrogen-bond donors (Lipinski definition) is 0. The van der Waals surface area contributed by atoms with Gasteiger partial charge in [0.25, 0.3) is 0 Å². The van der Waals surface area contributed by atoms with Gasteiger partial charge in [-0.3, -0.25) is 4.57 Å². The second kappa shape index (κ2) is 10.7. The Morgan fingerprint density at radius 3 is 2.02 bits per heavy atom. The van der Waals surface area contributed by atoms with Gasteiger partial charge in [-0.25, -0.2) is 4.98 Å². The minimum absolute atomic E-state index is 0.179. The molecule has 0 saturated carbocycles. The zero-order valence-electron chi connectivity index (χ0n) is 45.7. The van der Waals surface area contributed by atoms with Crippen molar-refractivity contribution in [2.24, 2.45) is 0 Å². The van der Waals surface area contributed by atoms with E-state index >= 15 is 0 Å². The lowest BCUT2D eigenvalue weighted by molar-refractivity contribution is 0.669. The maximum absolute atomic E-state index is 9.78. The molecule has 0 bridgehead atoms. The fourth-order valence-electron chi connectivity index (χ4n) is 6.58. The fourth-order valence-corrected chi connectivity index (χ4v) is 6.58. The van der Waals surface area contributed by atoms with E-state index < -0.39 is 182 Å². The van der Waals surface area contributed by atoms with Crippen molar-refractivity contribution in [1.82, 2.24) is 24.1 Å². The van der Waals surface area contributed by atoms with Gasteiger partial charge in [0.15, 0.2) is 11.6 Å². The summed E-state index contributed by atoms with van der Waals surface area (Å²) in [6.07, 6.45) is 0. The Morgan fingerprint density at radius 1 is 0.490 bits per heavy atom. The maximum Gasteiger partial charge on any atom is 0.238 e. The third-order valence-electron chi connectivity index (χ3n) is 8.65. The van der Waals surface area contributed by atoms with Gasteiger partial charge in [-0.1, -0.05) is 121 Å². The van der Waals surface area contributed by atoms with Gasteiger partial charge in [-0.05, 0) is 42.3 Å². The van der Waals surface area contributed by atoms with Crippen LogP contribution in [-0.4, -0.2) is 24.1 Å². The number of benzene rings is 7. The molecule has 0 amide bonds. The lowest BCUT2D eigenvalue weighted by Crippen LogP contribution is -2.06. The van der Waals surface area contributed by atoms with Crippen LogP contribution < -0.4 is 0 Å².